The molecule has 8 nitrogen and oxygen atoms in total. The number of nitrogens with zero attached hydrogens (tertiary/aromatic N) is 2. The second kappa shape index (κ2) is 9.73. The van der Waals surface area contributed by atoms with Crippen molar-refractivity contribution in [1.82, 2.24) is 10.2 Å². The predicted molar refractivity (Wildman–Crippen MR) is 156 cm³/mol. The molecule has 4 aliphatic rings. The van der Waals surface area contributed by atoms with Crippen molar-refractivity contribution >= 4 is 46.6 Å². The van der Waals surface area contributed by atoms with Crippen LogP contribution in [-0.4, -0.2) is 66.2 Å². The number of allylic oxidation sites excluding steroid dienone is 1. The summed E-state index contributed by atoms with van der Waals surface area (Å²) in [6.45, 7) is 9.99. The van der Waals surface area contributed by atoms with E-state index in [0.717, 1.165) is 52.3 Å². The van der Waals surface area contributed by atoms with E-state index in [0.29, 0.717) is 12.3 Å². The van der Waals surface area contributed by atoms with Crippen molar-refractivity contribution in [1.29, 1.82) is 0 Å². The summed E-state index contributed by atoms with van der Waals surface area (Å²) in [7, 11) is 0.916. The van der Waals surface area contributed by atoms with E-state index in [1.54, 1.807) is 6.92 Å². The first-order valence-electron chi connectivity index (χ1n) is 14.3. The molecule has 0 spiro atoms. The molecule has 2 bridgehead atoms. The van der Waals surface area contributed by atoms with Crippen molar-refractivity contribution in [2.75, 3.05) is 7.11 Å². The van der Waals surface area contributed by atoms with Crippen LogP contribution in [0.2, 0.25) is 0 Å². The Morgan fingerprint density at radius 1 is 1.07 bits per heavy atom. The van der Waals surface area contributed by atoms with Crippen LogP contribution in [0.15, 0.2) is 47.6 Å². The van der Waals surface area contributed by atoms with Gasteiger partial charge in [0.1, 0.15) is 6.04 Å². The van der Waals surface area contributed by atoms with Crippen LogP contribution in [0.25, 0.3) is 16.3 Å². The fourth-order valence-corrected chi connectivity index (χ4v) is 6.65. The number of aliphatic imine (C=N–C) groups is 1. The van der Waals surface area contributed by atoms with Gasteiger partial charge in [0, 0.05) is 24.4 Å². The number of rotatable bonds is 5. The Labute approximate surface area is 236 Å². The van der Waals surface area contributed by atoms with Crippen LogP contribution in [0, 0.1) is 5.92 Å². The first-order valence-corrected chi connectivity index (χ1v) is 14.3. The standard InChI is InChI=1S/C31H38BN3O5/c1-18(34-29(37)38-6)28(36)35-25-12-10-22(15-25)27(35)26-16-23(17-33-26)20-7-8-21-14-24(11-9-19(21)13-20)32-39-30(2,3)31(4,5)40-32/h7-9,11,13-14,17-18,22,25,27H,10,12,15-16H2,1-6H3,(H,34,37)/t18-,22-,25+,27-/m0/s1. The van der Waals surface area contributed by atoms with Crippen molar-refractivity contribution < 1.29 is 23.6 Å². The van der Waals surface area contributed by atoms with Crippen LogP contribution in [0.5, 0.6) is 0 Å². The summed E-state index contributed by atoms with van der Waals surface area (Å²) in [6, 6.07) is 12.4. The fraction of sp³-hybridized carbons (Fsp3) is 0.516. The number of ether oxygens (including phenoxy) is 1. The molecule has 210 valence electrons. The van der Waals surface area contributed by atoms with Gasteiger partial charge in [0.05, 0.1) is 24.4 Å². The smallest absolute Gasteiger partial charge is 0.453 e. The number of piperidine rings is 1. The number of nitrogens with one attached hydrogen (secondary N) is 1. The zero-order valence-corrected chi connectivity index (χ0v) is 24.2. The quantitative estimate of drug-likeness (QED) is 0.563. The molecule has 1 aliphatic carbocycles. The third-order valence-corrected chi connectivity index (χ3v) is 9.59. The van der Waals surface area contributed by atoms with E-state index in [9.17, 15) is 9.59 Å². The highest BCUT2D eigenvalue weighted by atomic mass is 16.7. The van der Waals surface area contributed by atoms with Crippen LogP contribution in [0.3, 0.4) is 0 Å². The van der Waals surface area contributed by atoms with Gasteiger partial charge in [-0.3, -0.25) is 9.79 Å². The molecule has 1 N–H and O–H groups in total. The molecule has 2 aromatic rings. The van der Waals surface area contributed by atoms with Gasteiger partial charge in [0.15, 0.2) is 0 Å². The van der Waals surface area contributed by atoms with Gasteiger partial charge in [-0.1, -0.05) is 30.3 Å². The Hall–Kier alpha value is -3.17. The average Bonchev–Trinajstić information content (AvgIpc) is 3.70. The number of methoxy groups -OCH3 is 1. The Kier molecular flexibility index (Phi) is 6.58. The lowest BCUT2D eigenvalue weighted by Crippen LogP contribution is -2.55. The molecule has 3 aliphatic heterocycles. The van der Waals surface area contributed by atoms with Crippen LogP contribution >= 0.6 is 0 Å². The highest BCUT2D eigenvalue weighted by molar-refractivity contribution is 6.62. The predicted octanol–water partition coefficient (Wildman–Crippen LogP) is 4.45. The van der Waals surface area contributed by atoms with E-state index in [1.165, 1.54) is 7.11 Å². The van der Waals surface area contributed by atoms with Gasteiger partial charge in [-0.2, -0.15) is 0 Å². The molecule has 0 unspecified atom stereocenters. The lowest BCUT2D eigenvalue weighted by Gasteiger charge is -2.37. The number of likely N-dealkylation sites (tertiary alicyclic amines) is 1. The minimum Gasteiger partial charge on any atom is -0.453 e. The molecular weight excluding hydrogens is 505 g/mol. The number of carbonyl (C=O) groups excluding carboxylic acids is 2. The van der Waals surface area contributed by atoms with Gasteiger partial charge >= 0.3 is 13.2 Å². The number of carbonyl (C=O) groups is 2. The van der Waals surface area contributed by atoms with E-state index in [4.69, 9.17) is 19.0 Å². The van der Waals surface area contributed by atoms with Crippen molar-refractivity contribution in [2.45, 2.75) is 89.6 Å². The molecule has 2 amide bonds. The van der Waals surface area contributed by atoms with Gasteiger partial charge in [0.25, 0.3) is 0 Å². The van der Waals surface area contributed by atoms with Crippen molar-refractivity contribution in [3.8, 4) is 0 Å². The van der Waals surface area contributed by atoms with Gasteiger partial charge < -0.3 is 24.3 Å². The zero-order valence-electron chi connectivity index (χ0n) is 24.2. The Morgan fingerprint density at radius 2 is 1.77 bits per heavy atom. The monoisotopic (exact) mass is 543 g/mol. The number of benzene rings is 2. The van der Waals surface area contributed by atoms with Gasteiger partial charge in [-0.25, -0.2) is 4.79 Å². The molecule has 2 saturated heterocycles. The third-order valence-electron chi connectivity index (χ3n) is 9.59. The Balaban J connectivity index is 1.17. The van der Waals surface area contributed by atoms with E-state index in [-0.39, 0.29) is 36.3 Å². The maximum Gasteiger partial charge on any atom is 0.494 e. The SMILES string of the molecule is COC(=O)N[C@@H](C)C(=O)N1[C@@H]2CC[C@@H](C2)[C@H]1C1=NC=C(c2ccc3cc(B4OC(C)(C)C(C)(C)O4)ccc3c2)C1. The Bertz CT molecular complexity index is 1420. The normalized spacial score (nSPS) is 27.1. The molecule has 4 atom stereocenters. The van der Waals surface area contributed by atoms with Crippen LogP contribution in [0.4, 0.5) is 4.79 Å². The van der Waals surface area contributed by atoms with Gasteiger partial charge in [-0.05, 0) is 93.2 Å². The molecule has 0 aromatic heterocycles. The molecule has 9 heteroatoms. The fourth-order valence-electron chi connectivity index (χ4n) is 6.65. The largest absolute Gasteiger partial charge is 0.494 e. The first kappa shape index (κ1) is 27.0. The molecule has 3 fully saturated rings. The maximum atomic E-state index is 13.4. The lowest BCUT2D eigenvalue weighted by molar-refractivity contribution is -0.135. The molecular formula is C31H38BN3O5. The topological polar surface area (TPSA) is 89.5 Å². The highest BCUT2D eigenvalue weighted by Gasteiger charge is 2.52. The minimum atomic E-state index is -0.647. The summed E-state index contributed by atoms with van der Waals surface area (Å²) >= 11 is 0. The Morgan fingerprint density at radius 3 is 2.50 bits per heavy atom. The van der Waals surface area contributed by atoms with Crippen molar-refractivity contribution in [2.24, 2.45) is 10.9 Å². The second-order valence-corrected chi connectivity index (χ2v) is 12.6. The number of alkyl carbamates (subject to hydrolysis) is 1. The second-order valence-electron chi connectivity index (χ2n) is 12.6. The van der Waals surface area contributed by atoms with Crippen LogP contribution in [-0.2, 0) is 18.8 Å². The van der Waals surface area contributed by atoms with E-state index in [1.807, 2.05) is 11.1 Å². The molecule has 0 radical (unpaired) electrons. The molecule has 1 saturated carbocycles. The number of hydrogen-bond donors (Lipinski definition) is 1. The van der Waals surface area contributed by atoms with E-state index in [2.05, 4.69) is 69.4 Å². The summed E-state index contributed by atoms with van der Waals surface area (Å²) in [6.07, 6.45) is 5.19. The maximum absolute atomic E-state index is 13.4. The third kappa shape index (κ3) is 4.53. The van der Waals surface area contributed by atoms with E-state index < -0.39 is 12.1 Å². The van der Waals surface area contributed by atoms with Crippen LogP contribution < -0.4 is 10.8 Å². The lowest BCUT2D eigenvalue weighted by atomic mass is 9.78. The van der Waals surface area contributed by atoms with Gasteiger partial charge in [0.2, 0.25) is 5.91 Å². The van der Waals surface area contributed by atoms with Gasteiger partial charge in [-0.15, -0.1) is 0 Å². The minimum absolute atomic E-state index is 0.0233. The number of hydrogen-bond acceptors (Lipinski definition) is 6. The number of fused-ring (bicyclic) bond motifs is 3. The highest BCUT2D eigenvalue weighted by Crippen LogP contribution is 2.45. The average molecular weight is 543 g/mol. The van der Waals surface area contributed by atoms with Crippen LogP contribution in [0.1, 0.15) is 65.9 Å². The zero-order chi connectivity index (χ0) is 28.4. The summed E-state index contributed by atoms with van der Waals surface area (Å²) in [5.74, 6) is 0.345. The van der Waals surface area contributed by atoms with Crippen molar-refractivity contribution in [3.63, 3.8) is 0 Å². The molecule has 40 heavy (non-hydrogen) atoms. The summed E-state index contributed by atoms with van der Waals surface area (Å²) in [5.41, 5.74) is 3.59. The first-order chi connectivity index (χ1) is 19.0. The molecule has 3 heterocycles. The molecule has 6 rings (SSSR count). The van der Waals surface area contributed by atoms with E-state index >= 15 is 0 Å². The summed E-state index contributed by atoms with van der Waals surface area (Å²) < 4.78 is 17.2. The summed E-state index contributed by atoms with van der Waals surface area (Å²) in [4.78, 5) is 32.0. The number of amides is 2. The summed E-state index contributed by atoms with van der Waals surface area (Å²) in [5, 5.41) is 4.91. The van der Waals surface area contributed by atoms with Crippen molar-refractivity contribution in [3.05, 3.63) is 48.2 Å². The molecule has 2 aromatic carbocycles.